The van der Waals surface area contributed by atoms with Crippen LogP contribution in [-0.2, 0) is 20.7 Å². The van der Waals surface area contributed by atoms with Crippen LogP contribution in [0, 0.1) is 0 Å². The number of fused-ring (bicyclic) bond motifs is 1. The minimum Gasteiger partial charge on any atom is -0.486 e. The van der Waals surface area contributed by atoms with Crippen molar-refractivity contribution in [3.05, 3.63) is 46.2 Å². The van der Waals surface area contributed by atoms with Gasteiger partial charge in [0.1, 0.15) is 13.2 Å². The molecule has 0 spiro atoms. The fourth-order valence-corrected chi connectivity index (χ4v) is 4.18. The average molecular weight is 387 g/mol. The van der Waals surface area contributed by atoms with Crippen molar-refractivity contribution < 1.29 is 23.8 Å². The number of esters is 1. The quantitative estimate of drug-likeness (QED) is 0.738. The Balaban J connectivity index is 1.37. The third-order valence-electron chi connectivity index (χ3n) is 4.81. The van der Waals surface area contributed by atoms with Crippen LogP contribution in [0.1, 0.15) is 30.0 Å². The summed E-state index contributed by atoms with van der Waals surface area (Å²) < 4.78 is 16.4. The van der Waals surface area contributed by atoms with Gasteiger partial charge >= 0.3 is 5.97 Å². The largest absolute Gasteiger partial charge is 0.486 e. The summed E-state index contributed by atoms with van der Waals surface area (Å²) in [6, 6.07) is 7.68. The van der Waals surface area contributed by atoms with E-state index in [-0.39, 0.29) is 30.9 Å². The number of likely N-dealkylation sites (tertiary alicyclic amines) is 1. The highest BCUT2D eigenvalue weighted by Crippen LogP contribution is 2.38. The number of carbonyl (C=O) groups excluding carboxylic acids is 2. The number of benzene rings is 1. The second-order valence-corrected chi connectivity index (χ2v) is 7.40. The van der Waals surface area contributed by atoms with Gasteiger partial charge in [-0.25, -0.2) is 0 Å². The highest BCUT2D eigenvalue weighted by molar-refractivity contribution is 7.07. The minimum atomic E-state index is -0.378. The van der Waals surface area contributed by atoms with Gasteiger partial charge < -0.3 is 19.1 Å². The van der Waals surface area contributed by atoms with E-state index in [1.165, 1.54) is 11.3 Å². The molecule has 1 saturated heterocycles. The molecule has 4 rings (SSSR count). The van der Waals surface area contributed by atoms with Crippen LogP contribution >= 0.6 is 11.3 Å². The number of carbonyl (C=O) groups is 2. The first-order valence-electron chi connectivity index (χ1n) is 9.06. The first kappa shape index (κ1) is 17.9. The van der Waals surface area contributed by atoms with Crippen LogP contribution in [0.15, 0.2) is 35.0 Å². The Morgan fingerprint density at radius 2 is 2.04 bits per heavy atom. The van der Waals surface area contributed by atoms with Crippen molar-refractivity contribution in [1.82, 2.24) is 4.90 Å². The Hall–Kier alpha value is -2.54. The van der Waals surface area contributed by atoms with Crippen molar-refractivity contribution in [2.45, 2.75) is 25.3 Å². The molecule has 6 nitrogen and oxygen atoms in total. The lowest BCUT2D eigenvalue weighted by molar-refractivity contribution is -0.151. The smallest absolute Gasteiger partial charge is 0.310 e. The Bertz CT molecular complexity index is 820. The second-order valence-electron chi connectivity index (χ2n) is 6.62. The molecule has 1 aromatic heterocycles. The molecule has 7 heteroatoms. The van der Waals surface area contributed by atoms with Gasteiger partial charge in [0.05, 0.1) is 12.5 Å². The number of rotatable bonds is 5. The third-order valence-corrected chi connectivity index (χ3v) is 5.54. The fraction of sp³-hybridized carbons (Fsp3) is 0.400. The molecule has 142 valence electrons. The van der Waals surface area contributed by atoms with Crippen LogP contribution < -0.4 is 9.47 Å². The summed E-state index contributed by atoms with van der Waals surface area (Å²) in [6.45, 7) is 1.53. The van der Waals surface area contributed by atoms with Gasteiger partial charge in [-0.15, -0.1) is 0 Å². The van der Waals surface area contributed by atoms with E-state index >= 15 is 0 Å². The summed E-state index contributed by atoms with van der Waals surface area (Å²) >= 11 is 1.53. The fourth-order valence-electron chi connectivity index (χ4n) is 3.52. The molecule has 2 aliphatic heterocycles. The van der Waals surface area contributed by atoms with E-state index in [4.69, 9.17) is 14.2 Å². The van der Waals surface area contributed by atoms with Crippen LogP contribution in [0.3, 0.4) is 0 Å². The molecule has 2 aliphatic rings. The Morgan fingerprint density at radius 1 is 1.19 bits per heavy atom. The highest BCUT2D eigenvalue weighted by Gasteiger charge is 2.31. The van der Waals surface area contributed by atoms with E-state index in [1.807, 2.05) is 35.0 Å². The van der Waals surface area contributed by atoms with Crippen LogP contribution in [-0.4, -0.2) is 43.1 Å². The van der Waals surface area contributed by atoms with E-state index in [0.717, 1.165) is 35.5 Å². The van der Waals surface area contributed by atoms with Gasteiger partial charge in [0.15, 0.2) is 18.1 Å². The number of amides is 1. The predicted molar refractivity (Wildman–Crippen MR) is 100 cm³/mol. The molecule has 1 aromatic carbocycles. The summed E-state index contributed by atoms with van der Waals surface area (Å²) in [5, 5.41) is 3.82. The van der Waals surface area contributed by atoms with E-state index in [9.17, 15) is 9.59 Å². The molecule has 0 bridgehead atoms. The number of hydrogen-bond acceptors (Lipinski definition) is 6. The molecule has 0 unspecified atom stereocenters. The van der Waals surface area contributed by atoms with Gasteiger partial charge in [-0.3, -0.25) is 9.59 Å². The zero-order valence-electron chi connectivity index (χ0n) is 14.9. The first-order chi connectivity index (χ1) is 13.2. The van der Waals surface area contributed by atoms with Crippen molar-refractivity contribution in [1.29, 1.82) is 0 Å². The maximum absolute atomic E-state index is 12.6. The van der Waals surface area contributed by atoms with Crippen molar-refractivity contribution in [3.63, 3.8) is 0 Å². The molecule has 1 fully saturated rings. The van der Waals surface area contributed by atoms with Crippen molar-refractivity contribution in [2.24, 2.45) is 0 Å². The molecular formula is C20H21NO5S. The van der Waals surface area contributed by atoms with E-state index < -0.39 is 0 Å². The van der Waals surface area contributed by atoms with Gasteiger partial charge in [-0.1, -0.05) is 6.07 Å². The molecule has 2 aromatic rings. The van der Waals surface area contributed by atoms with E-state index in [0.29, 0.717) is 19.8 Å². The van der Waals surface area contributed by atoms with Crippen LogP contribution in [0.4, 0.5) is 0 Å². The van der Waals surface area contributed by atoms with Gasteiger partial charge in [-0.2, -0.15) is 11.3 Å². The Labute approximate surface area is 161 Å². The predicted octanol–water partition coefficient (Wildman–Crippen LogP) is 2.97. The van der Waals surface area contributed by atoms with E-state index in [2.05, 4.69) is 0 Å². The monoisotopic (exact) mass is 387 g/mol. The minimum absolute atomic E-state index is 0.0242. The Morgan fingerprint density at radius 3 is 2.85 bits per heavy atom. The van der Waals surface area contributed by atoms with Crippen molar-refractivity contribution >= 4 is 23.2 Å². The molecule has 1 amide bonds. The number of thiophene rings is 1. The van der Waals surface area contributed by atoms with Gasteiger partial charge in [0.25, 0.3) is 5.91 Å². The molecular weight excluding hydrogens is 366 g/mol. The first-order valence-corrected chi connectivity index (χ1v) is 10.0. The molecule has 0 radical (unpaired) electrons. The maximum Gasteiger partial charge on any atom is 0.310 e. The summed E-state index contributed by atoms with van der Waals surface area (Å²) in [7, 11) is 0. The number of hydrogen-bond donors (Lipinski definition) is 0. The SMILES string of the molecule is O=C(Cc1ccsc1)OCC(=O)N1CCC[C@@H]1c1ccc2c(c1)OCCO2. The second kappa shape index (κ2) is 8.00. The van der Waals surface area contributed by atoms with E-state index in [1.54, 1.807) is 4.90 Å². The van der Waals surface area contributed by atoms with Gasteiger partial charge in [-0.05, 0) is 52.9 Å². The molecule has 0 aliphatic carbocycles. The van der Waals surface area contributed by atoms with Crippen LogP contribution in [0.25, 0.3) is 0 Å². The Kier molecular flexibility index (Phi) is 5.29. The van der Waals surface area contributed by atoms with Crippen molar-refractivity contribution in [3.8, 4) is 11.5 Å². The molecule has 0 saturated carbocycles. The zero-order chi connectivity index (χ0) is 18.6. The molecule has 3 heterocycles. The molecule has 0 N–H and O–H groups in total. The topological polar surface area (TPSA) is 65.1 Å². The van der Waals surface area contributed by atoms with Gasteiger partial charge in [0, 0.05) is 6.54 Å². The zero-order valence-corrected chi connectivity index (χ0v) is 15.7. The number of nitrogens with zero attached hydrogens (tertiary/aromatic N) is 1. The van der Waals surface area contributed by atoms with Crippen LogP contribution in [0.5, 0.6) is 11.5 Å². The standard InChI is InChI=1S/C20H21NO5S/c22-19(12-26-20(23)10-14-5-9-27-13-14)21-6-1-2-16(21)15-3-4-17-18(11-15)25-8-7-24-17/h3-5,9,11,13,16H,1-2,6-8,10,12H2/t16-/m1/s1. The highest BCUT2D eigenvalue weighted by atomic mass is 32.1. The lowest BCUT2D eigenvalue weighted by Gasteiger charge is -2.26. The third kappa shape index (κ3) is 4.08. The van der Waals surface area contributed by atoms with Crippen molar-refractivity contribution in [2.75, 3.05) is 26.4 Å². The lowest BCUT2D eigenvalue weighted by atomic mass is 10.0. The maximum atomic E-state index is 12.6. The lowest BCUT2D eigenvalue weighted by Crippen LogP contribution is -2.34. The molecule has 27 heavy (non-hydrogen) atoms. The summed E-state index contributed by atoms with van der Waals surface area (Å²) in [6.07, 6.45) is 2.00. The normalized spacial score (nSPS) is 18.4. The van der Waals surface area contributed by atoms with Gasteiger partial charge in [0.2, 0.25) is 0 Å². The average Bonchev–Trinajstić information content (AvgIpc) is 3.37. The summed E-state index contributed by atoms with van der Waals surface area (Å²) in [4.78, 5) is 26.3. The number of ether oxygens (including phenoxy) is 3. The molecule has 1 atom stereocenters. The van der Waals surface area contributed by atoms with Crippen LogP contribution in [0.2, 0.25) is 0 Å². The summed E-state index contributed by atoms with van der Waals surface area (Å²) in [5.41, 5.74) is 1.93. The summed E-state index contributed by atoms with van der Waals surface area (Å²) in [5.74, 6) is 0.923.